The van der Waals surface area contributed by atoms with Gasteiger partial charge in [0, 0.05) is 3.57 Å². The Bertz CT molecular complexity index is 1690. The molecule has 0 saturated heterocycles. The molecule has 0 radical (unpaired) electrons. The lowest BCUT2D eigenvalue weighted by molar-refractivity contribution is -0.259. The van der Waals surface area contributed by atoms with E-state index in [0.29, 0.717) is 34.6 Å². The molecule has 2 bridgehead atoms. The topological polar surface area (TPSA) is 91.7 Å². The van der Waals surface area contributed by atoms with Crippen molar-refractivity contribution in [2.24, 2.45) is 29.1 Å². The number of aromatic nitrogens is 2. The Morgan fingerprint density at radius 2 is 1.71 bits per heavy atom. The van der Waals surface area contributed by atoms with Crippen molar-refractivity contribution in [1.29, 1.82) is 0 Å². The van der Waals surface area contributed by atoms with Crippen LogP contribution in [0.3, 0.4) is 0 Å². The lowest BCUT2D eigenvalue weighted by Crippen LogP contribution is -2.84. The Morgan fingerprint density at radius 3 is 2.33 bits per heavy atom. The molecule has 7 rings (SSSR count). The molecule has 4 fully saturated rings. The first kappa shape index (κ1) is 30.6. The van der Waals surface area contributed by atoms with E-state index in [-0.39, 0.29) is 40.7 Å². The second-order valence-corrected chi connectivity index (χ2v) is 16.0. The van der Waals surface area contributed by atoms with Crippen molar-refractivity contribution in [3.8, 4) is 28.4 Å². The fourth-order valence-corrected chi connectivity index (χ4v) is 10.0. The summed E-state index contributed by atoms with van der Waals surface area (Å²) in [6, 6.07) is 13.6. The molecule has 2 aromatic carbocycles. The highest BCUT2D eigenvalue weighted by Crippen LogP contribution is 2.84. The standard InChI is InChI=1S/C36H42IN3O5/c1-19(2)23-16-22(37)11-12-25(23)40-26(31-27(43-6)9-8-10-28(31)44-7)17-24(39-40)32(41)38-36(33(42)45-34(3,4)5)29-14-20-13-21-15-30(36)35(21,29)18-20/h8-12,16-17,19-21,29-30H,13-15,18H2,1-7H3,(H,38,41). The number of hydrogen-bond donors (Lipinski definition) is 1. The minimum atomic E-state index is -1.03. The summed E-state index contributed by atoms with van der Waals surface area (Å²) in [6.45, 7) is 9.96. The Morgan fingerprint density at radius 1 is 1.02 bits per heavy atom. The van der Waals surface area contributed by atoms with Crippen LogP contribution >= 0.6 is 22.6 Å². The third kappa shape index (κ3) is 4.38. The van der Waals surface area contributed by atoms with Gasteiger partial charge in [-0.2, -0.15) is 5.10 Å². The van der Waals surface area contributed by atoms with Crippen molar-refractivity contribution in [2.45, 2.75) is 77.4 Å². The molecule has 4 saturated carbocycles. The summed E-state index contributed by atoms with van der Waals surface area (Å²) in [5.74, 6) is 2.24. The number of nitrogens with zero attached hydrogens (tertiary/aromatic N) is 2. The van der Waals surface area contributed by atoms with Gasteiger partial charge in [-0.25, -0.2) is 9.48 Å². The molecule has 9 heteroatoms. The number of carbonyl (C=O) groups excluding carboxylic acids is 2. The van der Waals surface area contributed by atoms with E-state index in [1.54, 1.807) is 20.3 Å². The largest absolute Gasteiger partial charge is 0.496 e. The Kier molecular flexibility index (Phi) is 7.11. The van der Waals surface area contributed by atoms with E-state index in [9.17, 15) is 9.59 Å². The summed E-state index contributed by atoms with van der Waals surface area (Å²) in [7, 11) is 3.24. The van der Waals surface area contributed by atoms with Crippen molar-refractivity contribution < 1.29 is 23.8 Å². The zero-order chi connectivity index (χ0) is 32.1. The fraction of sp³-hybridized carbons (Fsp3) is 0.528. The Balaban J connectivity index is 1.35. The average Bonchev–Trinajstić information content (AvgIpc) is 3.67. The summed E-state index contributed by atoms with van der Waals surface area (Å²) in [6.07, 6.45) is 4.36. The smallest absolute Gasteiger partial charge is 0.333 e. The van der Waals surface area contributed by atoms with Crippen molar-refractivity contribution >= 4 is 34.5 Å². The fourth-order valence-electron chi connectivity index (χ4n) is 9.49. The van der Waals surface area contributed by atoms with Gasteiger partial charge in [-0.3, -0.25) is 4.79 Å². The first-order valence-corrected chi connectivity index (χ1v) is 17.1. The molecule has 8 nitrogen and oxygen atoms in total. The van der Waals surface area contributed by atoms with Gasteiger partial charge >= 0.3 is 5.97 Å². The molecule has 4 aliphatic rings. The number of methoxy groups -OCH3 is 2. The van der Waals surface area contributed by atoms with Gasteiger partial charge in [-0.05, 0) is 146 Å². The van der Waals surface area contributed by atoms with Crippen LogP contribution in [0.2, 0.25) is 0 Å². The zero-order valence-corrected chi connectivity index (χ0v) is 29.2. The minimum Gasteiger partial charge on any atom is -0.496 e. The molecule has 45 heavy (non-hydrogen) atoms. The third-order valence-electron chi connectivity index (χ3n) is 11.0. The molecule has 4 aliphatic carbocycles. The molecule has 1 heterocycles. The number of fused-ring (bicyclic) bond motifs is 1. The molecule has 6 unspecified atom stereocenters. The van der Waals surface area contributed by atoms with Crippen LogP contribution in [0.4, 0.5) is 0 Å². The number of halogens is 1. The van der Waals surface area contributed by atoms with E-state index in [4.69, 9.17) is 19.3 Å². The number of benzene rings is 2. The van der Waals surface area contributed by atoms with Gasteiger partial charge in [0.25, 0.3) is 5.91 Å². The van der Waals surface area contributed by atoms with Crippen molar-refractivity contribution in [1.82, 2.24) is 15.1 Å². The number of nitrogens with one attached hydrogen (secondary N) is 1. The van der Waals surface area contributed by atoms with E-state index in [0.717, 1.165) is 27.7 Å². The van der Waals surface area contributed by atoms with E-state index in [2.05, 4.69) is 47.8 Å². The van der Waals surface area contributed by atoms with Gasteiger partial charge in [0.2, 0.25) is 0 Å². The number of rotatable bonds is 8. The molecule has 1 amide bonds. The van der Waals surface area contributed by atoms with Gasteiger partial charge in [-0.1, -0.05) is 19.9 Å². The molecule has 6 atom stereocenters. The number of amides is 1. The van der Waals surface area contributed by atoms with E-state index in [1.165, 1.54) is 12.8 Å². The Labute approximate surface area is 278 Å². The van der Waals surface area contributed by atoms with Gasteiger partial charge in [0.05, 0.1) is 31.2 Å². The van der Waals surface area contributed by atoms with Crippen LogP contribution in [0.15, 0.2) is 42.5 Å². The first-order chi connectivity index (χ1) is 21.3. The van der Waals surface area contributed by atoms with Crippen molar-refractivity contribution in [2.75, 3.05) is 14.2 Å². The van der Waals surface area contributed by atoms with Gasteiger partial charge < -0.3 is 19.5 Å². The highest BCUT2D eigenvalue weighted by atomic mass is 127. The molecule has 1 N–H and O–H groups in total. The maximum absolute atomic E-state index is 14.4. The van der Waals surface area contributed by atoms with Gasteiger partial charge in [0.15, 0.2) is 5.69 Å². The van der Waals surface area contributed by atoms with Crippen LogP contribution in [0, 0.1) is 32.7 Å². The predicted molar refractivity (Wildman–Crippen MR) is 180 cm³/mol. The lowest BCUT2D eigenvalue weighted by Gasteiger charge is -2.74. The van der Waals surface area contributed by atoms with Crippen LogP contribution in [-0.2, 0) is 9.53 Å². The first-order valence-electron chi connectivity index (χ1n) is 16.0. The van der Waals surface area contributed by atoms with E-state index >= 15 is 0 Å². The van der Waals surface area contributed by atoms with Gasteiger partial charge in [-0.15, -0.1) is 0 Å². The molecule has 1 spiro atoms. The third-order valence-corrected chi connectivity index (χ3v) is 11.7. The average molecular weight is 724 g/mol. The number of hydrogen-bond acceptors (Lipinski definition) is 6. The molecule has 238 valence electrons. The molecular weight excluding hydrogens is 681 g/mol. The highest BCUT2D eigenvalue weighted by molar-refractivity contribution is 14.1. The summed E-state index contributed by atoms with van der Waals surface area (Å²) in [5.41, 5.74) is 2.04. The number of carbonyl (C=O) groups is 2. The predicted octanol–water partition coefficient (Wildman–Crippen LogP) is 7.16. The van der Waals surface area contributed by atoms with Crippen molar-refractivity contribution in [3.05, 3.63) is 57.3 Å². The molecule has 1 aromatic heterocycles. The van der Waals surface area contributed by atoms with Gasteiger partial charge in [0.1, 0.15) is 22.6 Å². The summed E-state index contributed by atoms with van der Waals surface area (Å²) in [4.78, 5) is 28.5. The van der Waals surface area contributed by atoms with Crippen LogP contribution in [-0.4, -0.2) is 47.0 Å². The SMILES string of the molecule is COc1cccc(OC)c1-c1cc(C(=O)NC2(C(=O)OC(C)(C)C)C3CC4CC5CC2C53C4)nn1-c1ccc(I)cc1C(C)C. The maximum atomic E-state index is 14.4. The zero-order valence-electron chi connectivity index (χ0n) is 27.1. The number of ether oxygens (including phenoxy) is 3. The molecule has 3 aromatic rings. The lowest BCUT2D eigenvalue weighted by atomic mass is 9.31. The summed E-state index contributed by atoms with van der Waals surface area (Å²) >= 11 is 2.32. The van der Waals surface area contributed by atoms with E-state index in [1.807, 2.05) is 55.8 Å². The maximum Gasteiger partial charge on any atom is 0.333 e. The molecular formula is C36H42IN3O5. The molecule has 0 aliphatic heterocycles. The van der Waals surface area contributed by atoms with Crippen molar-refractivity contribution in [3.63, 3.8) is 0 Å². The van der Waals surface area contributed by atoms with Crippen LogP contribution < -0.4 is 14.8 Å². The summed E-state index contributed by atoms with van der Waals surface area (Å²) in [5, 5.41) is 8.27. The van der Waals surface area contributed by atoms with Crippen LogP contribution in [0.1, 0.15) is 82.3 Å². The van der Waals surface area contributed by atoms with Crippen LogP contribution in [0.25, 0.3) is 16.9 Å². The monoisotopic (exact) mass is 723 g/mol. The quantitative estimate of drug-likeness (QED) is 0.196. The van der Waals surface area contributed by atoms with Crippen LogP contribution in [0.5, 0.6) is 11.5 Å². The number of esters is 1. The second kappa shape index (κ2) is 10.5. The summed E-state index contributed by atoms with van der Waals surface area (Å²) < 4.78 is 20.6. The Hall–Kier alpha value is -3.08. The normalized spacial score (nSPS) is 29.1. The minimum absolute atomic E-state index is 0.103. The second-order valence-electron chi connectivity index (χ2n) is 14.7. The highest BCUT2D eigenvalue weighted by Gasteiger charge is 2.86. The van der Waals surface area contributed by atoms with E-state index < -0.39 is 11.1 Å².